The van der Waals surface area contributed by atoms with Crippen LogP contribution in [0.5, 0.6) is 0 Å². The second kappa shape index (κ2) is 2.27. The normalized spacial score (nSPS) is 50.3. The van der Waals surface area contributed by atoms with E-state index in [1.807, 2.05) is 0 Å². The zero-order valence-electron chi connectivity index (χ0n) is 8.41. The van der Waals surface area contributed by atoms with E-state index in [-0.39, 0.29) is 0 Å². The molecule has 0 radical (unpaired) electrons. The minimum Gasteiger partial charge on any atom is -0.411 e. The van der Waals surface area contributed by atoms with Crippen molar-refractivity contribution in [1.82, 2.24) is 0 Å². The van der Waals surface area contributed by atoms with Crippen LogP contribution < -0.4 is 0 Å². The van der Waals surface area contributed by atoms with Crippen LogP contribution in [0.1, 0.15) is 33.6 Å². The molecule has 0 saturated heterocycles. The van der Waals surface area contributed by atoms with Crippen molar-refractivity contribution in [2.45, 2.75) is 39.2 Å². The van der Waals surface area contributed by atoms with E-state index >= 15 is 0 Å². The van der Waals surface area contributed by atoms with E-state index in [0.29, 0.717) is 23.0 Å². The molecule has 0 aromatic heterocycles. The topological polar surface area (TPSA) is 52.8 Å². The van der Waals surface area contributed by atoms with Crippen LogP contribution in [0.2, 0.25) is 0 Å². The lowest BCUT2D eigenvalue weighted by Crippen LogP contribution is -2.39. The molecule has 74 valence electrons. The Balaban J connectivity index is 2.22. The van der Waals surface area contributed by atoms with Crippen molar-refractivity contribution in [2.75, 3.05) is 0 Å². The van der Waals surface area contributed by atoms with Crippen LogP contribution in [0.3, 0.4) is 0 Å². The highest BCUT2D eigenvalue weighted by atomic mass is 16.4. The van der Waals surface area contributed by atoms with Crippen molar-refractivity contribution < 1.29 is 10.3 Å². The highest BCUT2D eigenvalue weighted by Crippen LogP contribution is 2.65. The van der Waals surface area contributed by atoms with Crippen LogP contribution in [0, 0.1) is 17.3 Å². The lowest BCUT2D eigenvalue weighted by atomic mass is 9.85. The van der Waals surface area contributed by atoms with E-state index in [0.717, 1.165) is 12.8 Å². The zero-order valence-corrected chi connectivity index (χ0v) is 8.41. The Morgan fingerprint density at radius 2 is 1.92 bits per heavy atom. The van der Waals surface area contributed by atoms with Gasteiger partial charge in [0, 0.05) is 0 Å². The molecule has 3 heteroatoms. The van der Waals surface area contributed by atoms with Crippen LogP contribution in [0.4, 0.5) is 0 Å². The van der Waals surface area contributed by atoms with Gasteiger partial charge in [0.05, 0.1) is 5.71 Å². The van der Waals surface area contributed by atoms with Crippen molar-refractivity contribution in [2.24, 2.45) is 22.4 Å². The van der Waals surface area contributed by atoms with Crippen LogP contribution in [0.15, 0.2) is 5.16 Å². The Labute approximate surface area is 78.4 Å². The van der Waals surface area contributed by atoms with Crippen LogP contribution >= 0.6 is 0 Å². The van der Waals surface area contributed by atoms with Gasteiger partial charge in [0.2, 0.25) is 0 Å². The summed E-state index contributed by atoms with van der Waals surface area (Å²) in [5, 5.41) is 21.9. The molecule has 0 bridgehead atoms. The maximum atomic E-state index is 9.97. The smallest absolute Gasteiger partial charge is 0.103 e. The van der Waals surface area contributed by atoms with Gasteiger partial charge in [0.15, 0.2) is 0 Å². The van der Waals surface area contributed by atoms with E-state index in [9.17, 15) is 5.11 Å². The fourth-order valence-electron chi connectivity index (χ4n) is 2.79. The molecule has 2 rings (SSSR count). The molecule has 0 aromatic carbocycles. The Morgan fingerprint density at radius 1 is 1.31 bits per heavy atom. The van der Waals surface area contributed by atoms with Crippen LogP contribution in [-0.4, -0.2) is 21.6 Å². The first-order valence-corrected chi connectivity index (χ1v) is 4.83. The average molecular weight is 183 g/mol. The van der Waals surface area contributed by atoms with Crippen molar-refractivity contribution in [3.8, 4) is 0 Å². The summed E-state index contributed by atoms with van der Waals surface area (Å²) in [5.74, 6) is 1.21. The summed E-state index contributed by atoms with van der Waals surface area (Å²) in [5.41, 5.74) is -0.000509. The molecule has 2 aliphatic rings. The van der Waals surface area contributed by atoms with Crippen LogP contribution in [0.25, 0.3) is 0 Å². The van der Waals surface area contributed by atoms with E-state index in [4.69, 9.17) is 5.21 Å². The van der Waals surface area contributed by atoms with Crippen LogP contribution in [-0.2, 0) is 0 Å². The van der Waals surface area contributed by atoms with E-state index in [2.05, 4.69) is 19.0 Å². The van der Waals surface area contributed by atoms with Gasteiger partial charge in [-0.15, -0.1) is 0 Å². The number of oxime groups is 1. The molecular formula is C10H17NO2. The molecule has 2 aliphatic carbocycles. The molecule has 0 unspecified atom stereocenters. The van der Waals surface area contributed by atoms with Gasteiger partial charge in [-0.05, 0) is 37.0 Å². The maximum Gasteiger partial charge on any atom is 0.103 e. The van der Waals surface area contributed by atoms with Gasteiger partial charge in [-0.2, -0.15) is 0 Å². The zero-order chi connectivity index (χ0) is 9.85. The van der Waals surface area contributed by atoms with Gasteiger partial charge in [-0.3, -0.25) is 0 Å². The Hall–Kier alpha value is -0.570. The number of nitrogens with zero attached hydrogens (tertiary/aromatic N) is 1. The predicted molar refractivity (Wildman–Crippen MR) is 49.8 cm³/mol. The summed E-state index contributed by atoms with van der Waals surface area (Å²) >= 11 is 0. The molecule has 3 atom stereocenters. The third kappa shape index (κ3) is 1.10. The molecule has 13 heavy (non-hydrogen) atoms. The van der Waals surface area contributed by atoms with Crippen molar-refractivity contribution in [1.29, 1.82) is 0 Å². The van der Waals surface area contributed by atoms with Crippen molar-refractivity contribution >= 4 is 5.71 Å². The number of fused-ring (bicyclic) bond motifs is 1. The van der Waals surface area contributed by atoms with Gasteiger partial charge >= 0.3 is 0 Å². The molecule has 0 spiro atoms. The minimum absolute atomic E-state index is 0.330. The summed E-state index contributed by atoms with van der Waals surface area (Å²) in [4.78, 5) is 0. The fourth-order valence-corrected chi connectivity index (χ4v) is 2.79. The monoisotopic (exact) mass is 183 g/mol. The van der Waals surface area contributed by atoms with Crippen molar-refractivity contribution in [3.05, 3.63) is 0 Å². The first-order valence-electron chi connectivity index (χ1n) is 4.83. The molecule has 0 aromatic rings. The average Bonchev–Trinajstić information content (AvgIpc) is 2.50. The summed E-state index contributed by atoms with van der Waals surface area (Å²) in [7, 11) is 0. The number of rotatable bonds is 0. The standard InChI is InChI=1S/C10H17NO2/c1-9(2)6-4-8(11-13)10(3,12)5-7(6)9/h6-7,12-13H,4-5H2,1-3H3/b11-8+/t6-,7-,10-/m1/s1. The van der Waals surface area contributed by atoms with Gasteiger partial charge in [-0.25, -0.2) is 0 Å². The SMILES string of the molecule is CC1(C)[C@@H]2C/C(=N\O)[C@](C)(O)C[C@H]21. The molecular weight excluding hydrogens is 166 g/mol. The lowest BCUT2D eigenvalue weighted by Gasteiger charge is -2.27. The van der Waals surface area contributed by atoms with Crippen molar-refractivity contribution in [3.63, 3.8) is 0 Å². The van der Waals surface area contributed by atoms with E-state index in [1.54, 1.807) is 6.92 Å². The number of hydrogen-bond acceptors (Lipinski definition) is 3. The minimum atomic E-state index is -0.885. The quantitative estimate of drug-likeness (QED) is 0.443. The summed E-state index contributed by atoms with van der Waals surface area (Å²) < 4.78 is 0. The molecule has 0 amide bonds. The highest BCUT2D eigenvalue weighted by Gasteiger charge is 2.63. The third-order valence-electron chi connectivity index (χ3n) is 4.06. The first-order chi connectivity index (χ1) is 5.89. The summed E-state index contributed by atoms with van der Waals surface area (Å²) in [6.45, 7) is 6.18. The first kappa shape index (κ1) is 9.00. The number of aliphatic hydroxyl groups is 1. The largest absolute Gasteiger partial charge is 0.411 e. The Bertz CT molecular complexity index is 268. The summed E-state index contributed by atoms with van der Waals surface area (Å²) in [6.07, 6.45) is 1.49. The van der Waals surface area contributed by atoms with Gasteiger partial charge in [-0.1, -0.05) is 19.0 Å². The molecule has 0 heterocycles. The van der Waals surface area contributed by atoms with Gasteiger partial charge < -0.3 is 10.3 Å². The molecule has 2 N–H and O–H groups in total. The fraction of sp³-hybridized carbons (Fsp3) is 0.900. The predicted octanol–water partition coefficient (Wildman–Crippen LogP) is 1.63. The molecule has 0 aliphatic heterocycles. The summed E-state index contributed by atoms with van der Waals surface area (Å²) in [6, 6.07) is 0. The highest BCUT2D eigenvalue weighted by molar-refractivity contribution is 5.93. The van der Waals surface area contributed by atoms with Gasteiger partial charge in [0.1, 0.15) is 5.60 Å². The maximum absolute atomic E-state index is 9.97. The van der Waals surface area contributed by atoms with Gasteiger partial charge in [0.25, 0.3) is 0 Å². The third-order valence-corrected chi connectivity index (χ3v) is 4.06. The molecule has 2 saturated carbocycles. The molecule has 2 fully saturated rings. The second-order valence-electron chi connectivity index (χ2n) is 5.26. The Morgan fingerprint density at radius 3 is 2.46 bits per heavy atom. The number of hydrogen-bond donors (Lipinski definition) is 2. The lowest BCUT2D eigenvalue weighted by molar-refractivity contribution is 0.0971. The van der Waals surface area contributed by atoms with E-state index in [1.165, 1.54) is 0 Å². The molecule has 3 nitrogen and oxygen atoms in total. The Kier molecular flexibility index (Phi) is 1.57. The second-order valence-corrected chi connectivity index (χ2v) is 5.26. The van der Waals surface area contributed by atoms with E-state index < -0.39 is 5.60 Å².